The van der Waals surface area contributed by atoms with Gasteiger partial charge in [-0.1, -0.05) is 60.7 Å². The lowest BCUT2D eigenvalue weighted by Gasteiger charge is -2.07. The highest BCUT2D eigenvalue weighted by Crippen LogP contribution is 2.29. The van der Waals surface area contributed by atoms with Crippen LogP contribution in [0.3, 0.4) is 0 Å². The molecule has 0 aliphatic carbocycles. The van der Waals surface area contributed by atoms with Gasteiger partial charge in [0.25, 0.3) is 5.91 Å². The first kappa shape index (κ1) is 19.6. The third-order valence-corrected chi connectivity index (χ3v) is 5.34. The maximum atomic E-state index is 11.8. The number of benzene rings is 3. The van der Waals surface area contributed by atoms with Gasteiger partial charge in [0, 0.05) is 6.08 Å². The molecule has 1 aliphatic heterocycles. The van der Waals surface area contributed by atoms with Crippen molar-refractivity contribution in [3.8, 4) is 11.1 Å². The van der Waals surface area contributed by atoms with Crippen molar-refractivity contribution < 1.29 is 14.3 Å². The van der Waals surface area contributed by atoms with Crippen LogP contribution in [0, 0.1) is 0 Å². The zero-order chi connectivity index (χ0) is 20.9. The number of ether oxygens (including phenoxy) is 1. The number of thioether (sulfide) groups is 1. The third-order valence-electron chi connectivity index (χ3n) is 4.44. The van der Waals surface area contributed by atoms with Gasteiger partial charge >= 0.3 is 5.97 Å². The van der Waals surface area contributed by atoms with Gasteiger partial charge in [0.15, 0.2) is 5.17 Å². The molecule has 1 N–H and O–H groups in total. The number of amides is 1. The Kier molecular flexibility index (Phi) is 5.72. The highest BCUT2D eigenvalue weighted by molar-refractivity contribution is 8.18. The first-order valence-electron chi connectivity index (χ1n) is 9.12. The number of hydrogen-bond donors (Lipinski definition) is 1. The Bertz CT molecular complexity index is 1230. The first-order chi connectivity index (χ1) is 14.6. The highest BCUT2D eigenvalue weighted by Gasteiger charge is 2.24. The van der Waals surface area contributed by atoms with Crippen molar-refractivity contribution in [3.63, 3.8) is 0 Å². The second kappa shape index (κ2) is 8.75. The van der Waals surface area contributed by atoms with E-state index in [9.17, 15) is 9.59 Å². The van der Waals surface area contributed by atoms with Crippen molar-refractivity contribution in [3.05, 3.63) is 83.3 Å². The molecule has 1 fully saturated rings. The predicted molar refractivity (Wildman–Crippen MR) is 120 cm³/mol. The lowest BCUT2D eigenvalue weighted by molar-refractivity contribution is -0.135. The molecular formula is C23H17N3O3S. The maximum Gasteiger partial charge on any atom is 0.331 e. The molecule has 3 aromatic carbocycles. The van der Waals surface area contributed by atoms with Gasteiger partial charge in [0.1, 0.15) is 0 Å². The molecule has 0 bridgehead atoms. The quantitative estimate of drug-likeness (QED) is 0.301. The first-order valence-corrected chi connectivity index (χ1v) is 9.94. The molecular weight excluding hydrogens is 398 g/mol. The smallest absolute Gasteiger partial charge is 0.331 e. The fourth-order valence-electron chi connectivity index (χ4n) is 3.05. The van der Waals surface area contributed by atoms with Crippen LogP contribution in [0.4, 0.5) is 0 Å². The van der Waals surface area contributed by atoms with Gasteiger partial charge in [-0.05, 0) is 45.3 Å². The minimum absolute atomic E-state index is 0.216. The lowest BCUT2D eigenvalue weighted by Crippen LogP contribution is -2.19. The van der Waals surface area contributed by atoms with E-state index in [-0.39, 0.29) is 4.91 Å². The van der Waals surface area contributed by atoms with Crippen LogP contribution in [0.1, 0.15) is 5.56 Å². The van der Waals surface area contributed by atoms with Crippen LogP contribution in [-0.2, 0) is 14.3 Å². The lowest BCUT2D eigenvalue weighted by atomic mass is 9.97. The van der Waals surface area contributed by atoms with Crippen molar-refractivity contribution in [1.29, 1.82) is 0 Å². The predicted octanol–water partition coefficient (Wildman–Crippen LogP) is 4.12. The third kappa shape index (κ3) is 4.31. The SMILES string of the molecule is COC(=O)/C=C1/S/C(=N\N=Cc2cccc(-c3cccc4ccccc34)c2)NC1=O. The Labute approximate surface area is 177 Å². The number of methoxy groups -OCH3 is 1. The average Bonchev–Trinajstić information content (AvgIpc) is 3.12. The average molecular weight is 415 g/mol. The second-order valence-electron chi connectivity index (χ2n) is 6.39. The van der Waals surface area contributed by atoms with Crippen LogP contribution in [0.5, 0.6) is 0 Å². The molecule has 4 rings (SSSR count). The number of carbonyl (C=O) groups excluding carboxylic acids is 2. The van der Waals surface area contributed by atoms with Gasteiger partial charge < -0.3 is 4.74 Å². The standard InChI is InChI=1S/C23H17N3O3S/c1-29-21(27)13-20-22(28)25-23(30-20)26-24-14-15-6-4-9-17(12-15)19-11-5-8-16-7-2-3-10-18(16)19/h2-14H,1H3,(H,25,26,28)/b20-13+,24-14?. The van der Waals surface area contributed by atoms with Crippen LogP contribution in [0.25, 0.3) is 21.9 Å². The molecule has 30 heavy (non-hydrogen) atoms. The number of nitrogens with one attached hydrogen (secondary N) is 1. The molecule has 0 atom stereocenters. The van der Waals surface area contributed by atoms with E-state index in [0.29, 0.717) is 5.17 Å². The summed E-state index contributed by atoms with van der Waals surface area (Å²) < 4.78 is 4.53. The van der Waals surface area contributed by atoms with Crippen molar-refractivity contribution >= 4 is 45.8 Å². The van der Waals surface area contributed by atoms with Crippen molar-refractivity contribution in [2.75, 3.05) is 7.11 Å². The normalized spacial score (nSPS) is 16.5. The molecule has 0 spiro atoms. The van der Waals surface area contributed by atoms with E-state index >= 15 is 0 Å². The number of amidine groups is 1. The van der Waals surface area contributed by atoms with Crippen molar-refractivity contribution in [2.45, 2.75) is 0 Å². The molecule has 0 saturated carbocycles. The Morgan fingerprint density at radius 3 is 2.73 bits per heavy atom. The number of carbonyl (C=O) groups is 2. The van der Waals surface area contributed by atoms with Crippen LogP contribution in [0.2, 0.25) is 0 Å². The van der Waals surface area contributed by atoms with E-state index in [1.54, 1.807) is 6.21 Å². The molecule has 1 saturated heterocycles. The van der Waals surface area contributed by atoms with E-state index in [0.717, 1.165) is 34.5 Å². The summed E-state index contributed by atoms with van der Waals surface area (Å²) in [7, 11) is 1.25. The van der Waals surface area contributed by atoms with Crippen LogP contribution < -0.4 is 5.32 Å². The second-order valence-corrected chi connectivity index (χ2v) is 7.42. The molecule has 0 unspecified atom stereocenters. The molecule has 148 valence electrons. The molecule has 6 nitrogen and oxygen atoms in total. The van der Waals surface area contributed by atoms with E-state index in [1.807, 2.05) is 36.4 Å². The number of esters is 1. The van der Waals surface area contributed by atoms with Gasteiger partial charge in [-0.25, -0.2) is 4.79 Å². The molecule has 1 amide bonds. The summed E-state index contributed by atoms with van der Waals surface area (Å²) in [6, 6.07) is 22.5. The molecule has 7 heteroatoms. The monoisotopic (exact) mass is 415 g/mol. The Hall–Kier alpha value is -3.71. The maximum absolute atomic E-state index is 11.8. The number of fused-ring (bicyclic) bond motifs is 1. The summed E-state index contributed by atoms with van der Waals surface area (Å²) in [5, 5.41) is 13.3. The molecule has 3 aromatic rings. The zero-order valence-electron chi connectivity index (χ0n) is 16.0. The van der Waals surface area contributed by atoms with E-state index in [4.69, 9.17) is 0 Å². The largest absolute Gasteiger partial charge is 0.466 e. The number of nitrogens with zero attached hydrogens (tertiary/aromatic N) is 2. The zero-order valence-corrected chi connectivity index (χ0v) is 16.8. The van der Waals surface area contributed by atoms with Gasteiger partial charge in [0.2, 0.25) is 0 Å². The summed E-state index contributed by atoms with van der Waals surface area (Å²) in [4.78, 5) is 23.3. The number of rotatable bonds is 4. The molecule has 0 aromatic heterocycles. The van der Waals surface area contributed by atoms with Crippen molar-refractivity contribution in [2.24, 2.45) is 10.2 Å². The summed E-state index contributed by atoms with van der Waals surface area (Å²) in [5.74, 6) is -1.00. The summed E-state index contributed by atoms with van der Waals surface area (Å²) in [6.07, 6.45) is 2.75. The molecule has 1 heterocycles. The van der Waals surface area contributed by atoms with Crippen LogP contribution in [-0.4, -0.2) is 30.4 Å². The van der Waals surface area contributed by atoms with E-state index < -0.39 is 11.9 Å². The summed E-state index contributed by atoms with van der Waals surface area (Å²) >= 11 is 1.03. The van der Waals surface area contributed by atoms with Gasteiger partial charge in [-0.2, -0.15) is 5.10 Å². The summed E-state index contributed by atoms with van der Waals surface area (Å²) in [6.45, 7) is 0. The topological polar surface area (TPSA) is 80.1 Å². The van der Waals surface area contributed by atoms with Crippen LogP contribution in [0.15, 0.2) is 87.9 Å². The van der Waals surface area contributed by atoms with Crippen LogP contribution >= 0.6 is 11.8 Å². The highest BCUT2D eigenvalue weighted by atomic mass is 32.2. The minimum Gasteiger partial charge on any atom is -0.466 e. The Balaban J connectivity index is 1.55. The number of hydrogen-bond acceptors (Lipinski definition) is 6. The van der Waals surface area contributed by atoms with Gasteiger partial charge in [-0.3, -0.25) is 10.1 Å². The van der Waals surface area contributed by atoms with Crippen molar-refractivity contribution in [1.82, 2.24) is 5.32 Å². The van der Waals surface area contributed by atoms with E-state index in [2.05, 4.69) is 50.6 Å². The molecule has 1 aliphatic rings. The summed E-state index contributed by atoms with van der Waals surface area (Å²) in [5.41, 5.74) is 3.10. The van der Waals surface area contributed by atoms with Gasteiger partial charge in [-0.15, -0.1) is 5.10 Å². The minimum atomic E-state index is -0.595. The van der Waals surface area contributed by atoms with Gasteiger partial charge in [0.05, 0.1) is 18.2 Å². The van der Waals surface area contributed by atoms with E-state index in [1.165, 1.54) is 17.9 Å². The fraction of sp³-hybridized carbons (Fsp3) is 0.0435. The molecule has 0 radical (unpaired) electrons. The Morgan fingerprint density at radius 2 is 1.87 bits per heavy atom. The fourth-order valence-corrected chi connectivity index (χ4v) is 3.79. The Morgan fingerprint density at radius 1 is 1.07 bits per heavy atom.